The molecule has 1 heterocycles. The number of rotatable bonds is 3. The first-order chi connectivity index (χ1) is 7.35. The molecule has 0 aromatic heterocycles. The summed E-state index contributed by atoms with van der Waals surface area (Å²) >= 11 is 0. The van der Waals surface area contributed by atoms with Crippen LogP contribution in [-0.4, -0.2) is 24.5 Å². The summed E-state index contributed by atoms with van der Waals surface area (Å²) in [5, 5.41) is 0. The lowest BCUT2D eigenvalue weighted by atomic mass is 9.95. The van der Waals surface area contributed by atoms with Crippen molar-refractivity contribution in [3.05, 3.63) is 48.6 Å². The molecule has 1 aliphatic carbocycles. The molecular weight excluding hydrogens is 182 g/mol. The molecule has 1 saturated carbocycles. The van der Waals surface area contributed by atoms with Crippen molar-refractivity contribution in [2.24, 2.45) is 5.92 Å². The lowest BCUT2D eigenvalue weighted by Crippen LogP contribution is -2.26. The summed E-state index contributed by atoms with van der Waals surface area (Å²) in [4.78, 5) is 2.52. The normalized spacial score (nSPS) is 33.7. The van der Waals surface area contributed by atoms with Crippen LogP contribution in [0.25, 0.3) is 0 Å². The van der Waals surface area contributed by atoms with Gasteiger partial charge in [0.15, 0.2) is 0 Å². The predicted molar refractivity (Wildman–Crippen MR) is 62.9 cm³/mol. The summed E-state index contributed by atoms with van der Waals surface area (Å²) in [7, 11) is 0. The zero-order valence-electron chi connectivity index (χ0n) is 9.02. The van der Waals surface area contributed by atoms with E-state index in [1.165, 1.54) is 19.5 Å². The van der Waals surface area contributed by atoms with Crippen LogP contribution in [-0.2, 0) is 5.41 Å². The van der Waals surface area contributed by atoms with Crippen LogP contribution >= 0.6 is 0 Å². The Morgan fingerprint density at radius 1 is 1.40 bits per heavy atom. The molecule has 1 nitrogen and oxygen atoms in total. The highest BCUT2D eigenvalue weighted by Gasteiger charge is 2.60. The molecule has 2 unspecified atom stereocenters. The van der Waals surface area contributed by atoms with Gasteiger partial charge in [-0.25, -0.2) is 0 Å². The monoisotopic (exact) mass is 199 g/mol. The fraction of sp³-hybridized carbons (Fsp3) is 0.429. The Morgan fingerprint density at radius 3 is 2.93 bits per heavy atom. The van der Waals surface area contributed by atoms with Crippen LogP contribution in [0.15, 0.2) is 43.0 Å². The second kappa shape index (κ2) is 3.21. The van der Waals surface area contributed by atoms with Crippen molar-refractivity contribution in [2.45, 2.75) is 11.8 Å². The van der Waals surface area contributed by atoms with Crippen molar-refractivity contribution < 1.29 is 0 Å². The Hall–Kier alpha value is -1.08. The number of hydrogen-bond acceptors (Lipinski definition) is 1. The summed E-state index contributed by atoms with van der Waals surface area (Å²) in [5.74, 6) is 0.903. The Morgan fingerprint density at radius 2 is 2.20 bits per heavy atom. The molecule has 1 saturated heterocycles. The molecule has 2 fully saturated rings. The van der Waals surface area contributed by atoms with Crippen molar-refractivity contribution in [3.63, 3.8) is 0 Å². The van der Waals surface area contributed by atoms with Crippen molar-refractivity contribution in [2.75, 3.05) is 19.6 Å². The standard InChI is InChI=1S/C14H17N/c1-2-8-15-10-13-9-14(13,11-15)12-6-4-3-5-7-12/h2-7,13H,1,8-11H2. The van der Waals surface area contributed by atoms with E-state index in [1.807, 2.05) is 6.08 Å². The van der Waals surface area contributed by atoms with E-state index in [4.69, 9.17) is 0 Å². The zero-order valence-corrected chi connectivity index (χ0v) is 9.02. The van der Waals surface area contributed by atoms with Gasteiger partial charge in [-0.2, -0.15) is 0 Å². The van der Waals surface area contributed by atoms with Gasteiger partial charge in [-0.1, -0.05) is 36.4 Å². The molecule has 0 radical (unpaired) electrons. The summed E-state index contributed by atoms with van der Waals surface area (Å²) in [5.41, 5.74) is 2.05. The third-order valence-electron chi connectivity index (χ3n) is 3.95. The van der Waals surface area contributed by atoms with Gasteiger partial charge in [0.1, 0.15) is 0 Å². The average molecular weight is 199 g/mol. The largest absolute Gasteiger partial charge is 0.298 e. The molecule has 15 heavy (non-hydrogen) atoms. The first-order valence-corrected chi connectivity index (χ1v) is 5.74. The molecule has 2 atom stereocenters. The summed E-state index contributed by atoms with van der Waals surface area (Å²) in [6.07, 6.45) is 3.41. The third-order valence-corrected chi connectivity index (χ3v) is 3.95. The smallest absolute Gasteiger partial charge is 0.0161 e. The minimum Gasteiger partial charge on any atom is -0.298 e. The van der Waals surface area contributed by atoms with Crippen molar-refractivity contribution in [1.82, 2.24) is 4.90 Å². The molecule has 0 amide bonds. The van der Waals surface area contributed by atoms with Crippen molar-refractivity contribution in [3.8, 4) is 0 Å². The topological polar surface area (TPSA) is 3.24 Å². The number of fused-ring (bicyclic) bond motifs is 1. The Kier molecular flexibility index (Phi) is 1.96. The van der Waals surface area contributed by atoms with Gasteiger partial charge in [0.05, 0.1) is 0 Å². The minimum atomic E-state index is 0.504. The van der Waals surface area contributed by atoms with Gasteiger partial charge in [0.25, 0.3) is 0 Å². The maximum atomic E-state index is 3.82. The summed E-state index contributed by atoms with van der Waals surface area (Å²) in [6, 6.07) is 11.0. The fourth-order valence-corrected chi connectivity index (χ4v) is 3.13. The van der Waals surface area contributed by atoms with Gasteiger partial charge in [0, 0.05) is 25.0 Å². The highest BCUT2D eigenvalue weighted by molar-refractivity contribution is 5.36. The van der Waals surface area contributed by atoms with Crippen molar-refractivity contribution in [1.29, 1.82) is 0 Å². The van der Waals surface area contributed by atoms with Crippen LogP contribution in [0, 0.1) is 5.92 Å². The van der Waals surface area contributed by atoms with E-state index in [1.54, 1.807) is 5.56 Å². The first-order valence-electron chi connectivity index (χ1n) is 5.74. The van der Waals surface area contributed by atoms with Crippen molar-refractivity contribution >= 4 is 0 Å². The van der Waals surface area contributed by atoms with Gasteiger partial charge in [0.2, 0.25) is 0 Å². The molecule has 0 bridgehead atoms. The molecule has 0 spiro atoms. The zero-order chi connectivity index (χ0) is 10.3. The van der Waals surface area contributed by atoms with E-state index in [0.717, 1.165) is 12.5 Å². The Bertz CT molecular complexity index is 370. The SMILES string of the molecule is C=CCN1CC2CC2(c2ccccc2)C1. The highest BCUT2D eigenvalue weighted by Crippen LogP contribution is 2.58. The maximum Gasteiger partial charge on any atom is 0.0161 e. The number of hydrogen-bond donors (Lipinski definition) is 0. The molecule has 1 heteroatoms. The van der Waals surface area contributed by atoms with Gasteiger partial charge >= 0.3 is 0 Å². The van der Waals surface area contributed by atoms with Crippen LogP contribution in [0.1, 0.15) is 12.0 Å². The van der Waals surface area contributed by atoms with Crippen LogP contribution in [0.4, 0.5) is 0 Å². The molecule has 3 rings (SSSR count). The lowest BCUT2D eigenvalue weighted by Gasteiger charge is -2.19. The molecular formula is C14H17N. The maximum absolute atomic E-state index is 3.82. The van der Waals surface area contributed by atoms with Gasteiger partial charge in [-0.05, 0) is 17.9 Å². The summed E-state index contributed by atoms with van der Waals surface area (Å²) < 4.78 is 0. The van der Waals surface area contributed by atoms with E-state index < -0.39 is 0 Å². The highest BCUT2D eigenvalue weighted by atomic mass is 15.2. The molecule has 78 valence electrons. The van der Waals surface area contributed by atoms with Crippen LogP contribution < -0.4 is 0 Å². The average Bonchev–Trinajstić information content (AvgIpc) is 2.85. The number of nitrogens with zero attached hydrogens (tertiary/aromatic N) is 1. The molecule has 2 aliphatic rings. The Labute approximate surface area is 91.4 Å². The van der Waals surface area contributed by atoms with E-state index in [9.17, 15) is 0 Å². The van der Waals surface area contributed by atoms with Crippen LogP contribution in [0.2, 0.25) is 0 Å². The van der Waals surface area contributed by atoms with E-state index in [2.05, 4.69) is 41.8 Å². The molecule has 1 aliphatic heterocycles. The van der Waals surface area contributed by atoms with Gasteiger partial charge in [-0.15, -0.1) is 6.58 Å². The van der Waals surface area contributed by atoms with Crippen LogP contribution in [0.5, 0.6) is 0 Å². The van der Waals surface area contributed by atoms with Crippen LogP contribution in [0.3, 0.4) is 0 Å². The number of likely N-dealkylation sites (tertiary alicyclic amines) is 1. The summed E-state index contributed by atoms with van der Waals surface area (Å²) in [6.45, 7) is 7.36. The molecule has 0 N–H and O–H groups in total. The molecule has 1 aromatic rings. The van der Waals surface area contributed by atoms with Gasteiger partial charge < -0.3 is 0 Å². The van der Waals surface area contributed by atoms with E-state index in [0.29, 0.717) is 5.41 Å². The van der Waals surface area contributed by atoms with Gasteiger partial charge in [-0.3, -0.25) is 4.90 Å². The minimum absolute atomic E-state index is 0.504. The number of piperidine rings is 1. The second-order valence-corrected chi connectivity index (χ2v) is 4.91. The number of benzene rings is 1. The lowest BCUT2D eigenvalue weighted by molar-refractivity contribution is 0.330. The van der Waals surface area contributed by atoms with E-state index in [-0.39, 0.29) is 0 Å². The quantitative estimate of drug-likeness (QED) is 0.676. The fourth-order valence-electron chi connectivity index (χ4n) is 3.13. The van der Waals surface area contributed by atoms with E-state index >= 15 is 0 Å². The predicted octanol–water partition coefficient (Wildman–Crippen LogP) is 2.45. The first kappa shape index (κ1) is 9.17. The Balaban J connectivity index is 1.81. The molecule has 1 aromatic carbocycles. The third kappa shape index (κ3) is 1.34. The second-order valence-electron chi connectivity index (χ2n) is 4.91.